The zero-order valence-electron chi connectivity index (χ0n) is 11.5. The van der Waals surface area contributed by atoms with Gasteiger partial charge in [0.15, 0.2) is 15.6 Å². The number of hydrogen-bond donors (Lipinski definition) is 0. The lowest BCUT2D eigenvalue weighted by Gasteiger charge is -2.28. The van der Waals surface area contributed by atoms with E-state index in [1.807, 2.05) is 0 Å². The topological polar surface area (TPSA) is 54.5 Å². The van der Waals surface area contributed by atoms with Crippen LogP contribution in [-0.4, -0.2) is 49.7 Å². The summed E-state index contributed by atoms with van der Waals surface area (Å²) in [6.07, 6.45) is 0.555. The highest BCUT2D eigenvalue weighted by molar-refractivity contribution is 7.91. The molecule has 1 aliphatic heterocycles. The third kappa shape index (κ3) is 3.24. The van der Waals surface area contributed by atoms with Gasteiger partial charge in [-0.15, -0.1) is 0 Å². The zero-order chi connectivity index (χ0) is 14.9. The molecule has 0 saturated carbocycles. The van der Waals surface area contributed by atoms with Gasteiger partial charge in [0.05, 0.1) is 17.5 Å². The summed E-state index contributed by atoms with van der Waals surface area (Å²) in [6.45, 7) is 1.75. The van der Waals surface area contributed by atoms with E-state index < -0.39 is 15.9 Å². The zero-order valence-corrected chi connectivity index (χ0v) is 12.4. The molecule has 4 nitrogen and oxygen atoms in total. The average Bonchev–Trinajstić information content (AvgIpc) is 2.77. The predicted molar refractivity (Wildman–Crippen MR) is 75.0 cm³/mol. The van der Waals surface area contributed by atoms with Gasteiger partial charge in [-0.3, -0.25) is 9.69 Å². The first-order valence-corrected chi connectivity index (χ1v) is 8.34. The van der Waals surface area contributed by atoms with Gasteiger partial charge in [0.25, 0.3) is 0 Å². The van der Waals surface area contributed by atoms with Crippen LogP contribution in [0.5, 0.6) is 0 Å². The Morgan fingerprint density at radius 2 is 1.95 bits per heavy atom. The number of sulfone groups is 1. The van der Waals surface area contributed by atoms with Crippen LogP contribution >= 0.6 is 0 Å². The van der Waals surface area contributed by atoms with Crippen LogP contribution in [0.3, 0.4) is 0 Å². The van der Waals surface area contributed by atoms with Crippen LogP contribution in [0.15, 0.2) is 24.3 Å². The van der Waals surface area contributed by atoms with Crippen molar-refractivity contribution < 1.29 is 17.6 Å². The van der Waals surface area contributed by atoms with Crippen LogP contribution in [0.2, 0.25) is 0 Å². The number of ketones is 1. The number of rotatable bonds is 4. The second-order valence-electron chi connectivity index (χ2n) is 5.27. The molecule has 0 spiro atoms. The fraction of sp³-hybridized carbons (Fsp3) is 0.500. The fourth-order valence-corrected chi connectivity index (χ4v) is 4.24. The molecule has 1 heterocycles. The second-order valence-corrected chi connectivity index (χ2v) is 7.50. The molecule has 0 radical (unpaired) electrons. The van der Waals surface area contributed by atoms with Crippen LogP contribution in [0.4, 0.5) is 4.39 Å². The second kappa shape index (κ2) is 5.61. The Kier molecular flexibility index (Phi) is 4.25. The molecule has 1 aromatic carbocycles. The van der Waals surface area contributed by atoms with Gasteiger partial charge >= 0.3 is 0 Å². The fourth-order valence-electron chi connectivity index (χ4n) is 2.45. The Morgan fingerprint density at radius 1 is 1.35 bits per heavy atom. The maximum Gasteiger partial charge on any atom is 0.179 e. The van der Waals surface area contributed by atoms with Gasteiger partial charge in [0.2, 0.25) is 0 Å². The molecule has 2 atom stereocenters. The summed E-state index contributed by atoms with van der Waals surface area (Å²) >= 11 is 0. The van der Waals surface area contributed by atoms with Crippen LogP contribution in [0.1, 0.15) is 23.7 Å². The molecule has 110 valence electrons. The number of benzene rings is 1. The molecule has 20 heavy (non-hydrogen) atoms. The highest BCUT2D eigenvalue weighted by atomic mass is 32.2. The minimum Gasteiger partial charge on any atom is -0.293 e. The maximum absolute atomic E-state index is 12.9. The molecule has 0 aliphatic carbocycles. The summed E-state index contributed by atoms with van der Waals surface area (Å²) in [5.41, 5.74) is 0.437. The summed E-state index contributed by atoms with van der Waals surface area (Å²) in [5.74, 6) is -0.231. The summed E-state index contributed by atoms with van der Waals surface area (Å²) in [4.78, 5) is 14.1. The number of Topliss-reactive ketones (excluding diaryl/α,β-unsaturated/α-hetero) is 1. The van der Waals surface area contributed by atoms with Gasteiger partial charge in [0, 0.05) is 11.6 Å². The van der Waals surface area contributed by atoms with Gasteiger partial charge in [-0.25, -0.2) is 12.8 Å². The number of halogens is 1. The molecular weight excluding hydrogens is 281 g/mol. The van der Waals surface area contributed by atoms with E-state index in [9.17, 15) is 17.6 Å². The molecule has 1 saturated heterocycles. The molecule has 0 aromatic heterocycles. The summed E-state index contributed by atoms with van der Waals surface area (Å²) < 4.78 is 35.8. The number of nitrogens with zero attached hydrogens (tertiary/aromatic N) is 1. The van der Waals surface area contributed by atoms with Crippen molar-refractivity contribution in [1.82, 2.24) is 4.90 Å². The average molecular weight is 299 g/mol. The van der Waals surface area contributed by atoms with E-state index in [2.05, 4.69) is 0 Å². The predicted octanol–water partition coefficient (Wildman–Crippen LogP) is 1.52. The molecule has 0 amide bonds. The largest absolute Gasteiger partial charge is 0.293 e. The van der Waals surface area contributed by atoms with Crippen molar-refractivity contribution in [3.05, 3.63) is 35.6 Å². The van der Waals surface area contributed by atoms with Crippen molar-refractivity contribution in [1.29, 1.82) is 0 Å². The lowest BCUT2D eigenvalue weighted by molar-refractivity contribution is 0.0830. The number of hydrogen-bond acceptors (Lipinski definition) is 4. The molecule has 1 aromatic rings. The molecule has 6 heteroatoms. The van der Waals surface area contributed by atoms with E-state index in [0.29, 0.717) is 12.0 Å². The Morgan fingerprint density at radius 3 is 2.45 bits per heavy atom. The van der Waals surface area contributed by atoms with E-state index >= 15 is 0 Å². The minimum atomic E-state index is -2.97. The van der Waals surface area contributed by atoms with Crippen molar-refractivity contribution >= 4 is 15.6 Å². The SMILES string of the molecule is CC(C(=O)c1ccc(F)cc1)N(C)C1CCS(=O)(=O)C1. The van der Waals surface area contributed by atoms with Crippen molar-refractivity contribution in [2.45, 2.75) is 25.4 Å². The van der Waals surface area contributed by atoms with Crippen LogP contribution < -0.4 is 0 Å². The van der Waals surface area contributed by atoms with Crippen LogP contribution in [0, 0.1) is 5.82 Å². The Labute approximate surface area is 118 Å². The van der Waals surface area contributed by atoms with Crippen LogP contribution in [0.25, 0.3) is 0 Å². The van der Waals surface area contributed by atoms with Crippen LogP contribution in [-0.2, 0) is 9.84 Å². The lowest BCUT2D eigenvalue weighted by Crippen LogP contribution is -2.43. The van der Waals surface area contributed by atoms with E-state index in [0.717, 1.165) is 0 Å². The first-order valence-electron chi connectivity index (χ1n) is 6.52. The summed E-state index contributed by atoms with van der Waals surface area (Å²) in [6, 6.07) is 4.85. The normalized spacial score (nSPS) is 22.9. The molecule has 2 unspecified atom stereocenters. The van der Waals surface area contributed by atoms with Gasteiger partial charge < -0.3 is 0 Å². The van der Waals surface area contributed by atoms with E-state index in [-0.39, 0.29) is 29.1 Å². The molecule has 2 rings (SSSR count). The first-order chi connectivity index (χ1) is 9.30. The van der Waals surface area contributed by atoms with E-state index in [1.54, 1.807) is 18.9 Å². The first kappa shape index (κ1) is 15.1. The molecule has 1 fully saturated rings. The third-order valence-electron chi connectivity index (χ3n) is 3.90. The number of likely N-dealkylation sites (N-methyl/N-ethyl adjacent to an activating group) is 1. The van der Waals surface area contributed by atoms with Crippen molar-refractivity contribution in [3.63, 3.8) is 0 Å². The molecule has 0 bridgehead atoms. The Balaban J connectivity index is 2.08. The number of carbonyl (C=O) groups excluding carboxylic acids is 1. The molecule has 1 aliphatic rings. The van der Waals surface area contributed by atoms with Gasteiger partial charge in [-0.05, 0) is 44.7 Å². The van der Waals surface area contributed by atoms with Gasteiger partial charge in [-0.1, -0.05) is 0 Å². The van der Waals surface area contributed by atoms with Gasteiger partial charge in [-0.2, -0.15) is 0 Å². The maximum atomic E-state index is 12.9. The monoisotopic (exact) mass is 299 g/mol. The van der Waals surface area contributed by atoms with Gasteiger partial charge in [0.1, 0.15) is 5.82 Å². The van der Waals surface area contributed by atoms with E-state index in [1.165, 1.54) is 24.3 Å². The smallest absolute Gasteiger partial charge is 0.179 e. The summed E-state index contributed by atoms with van der Waals surface area (Å²) in [7, 11) is -1.21. The minimum absolute atomic E-state index is 0.102. The Bertz CT molecular complexity index is 597. The quantitative estimate of drug-likeness (QED) is 0.791. The van der Waals surface area contributed by atoms with Crippen molar-refractivity contribution in [2.24, 2.45) is 0 Å². The van der Waals surface area contributed by atoms with E-state index in [4.69, 9.17) is 0 Å². The van der Waals surface area contributed by atoms with Crippen molar-refractivity contribution in [2.75, 3.05) is 18.6 Å². The molecular formula is C14H18FNO3S. The standard InChI is InChI=1S/C14H18FNO3S/c1-10(14(17)11-3-5-12(15)6-4-11)16(2)13-7-8-20(18,19)9-13/h3-6,10,13H,7-9H2,1-2H3. The summed E-state index contributed by atoms with van der Waals surface area (Å²) in [5, 5.41) is 0. The lowest BCUT2D eigenvalue weighted by atomic mass is 10.0. The number of carbonyl (C=O) groups is 1. The third-order valence-corrected chi connectivity index (χ3v) is 5.65. The Hall–Kier alpha value is -1.27. The highest BCUT2D eigenvalue weighted by Gasteiger charge is 2.34. The molecule has 0 N–H and O–H groups in total. The highest BCUT2D eigenvalue weighted by Crippen LogP contribution is 2.20. The van der Waals surface area contributed by atoms with Crippen molar-refractivity contribution in [3.8, 4) is 0 Å².